The molecule has 0 radical (unpaired) electrons. The van der Waals surface area contributed by atoms with Gasteiger partial charge >= 0.3 is 5.97 Å². The fraction of sp³-hybridized carbons (Fsp3) is 0.818. The third-order valence-electron chi connectivity index (χ3n) is 2.14. The quantitative estimate of drug-likeness (QED) is 0.546. The number of unbranched alkanes of at least 4 members (excludes halogenated alkanes) is 1. The van der Waals surface area contributed by atoms with E-state index >= 15 is 0 Å². The van der Waals surface area contributed by atoms with Crippen molar-refractivity contribution in [2.24, 2.45) is 0 Å². The molecule has 0 aromatic rings. The molecule has 0 spiro atoms. The van der Waals surface area contributed by atoms with Crippen LogP contribution in [0.2, 0.25) is 0 Å². The summed E-state index contributed by atoms with van der Waals surface area (Å²) in [4.78, 5) is 22.2. The number of nitrogens with one attached hydrogen (secondary N) is 1. The van der Waals surface area contributed by atoms with Crippen molar-refractivity contribution in [1.29, 1.82) is 0 Å². The second-order valence-corrected chi connectivity index (χ2v) is 3.65. The maximum absolute atomic E-state index is 11.3. The standard InChI is InChI=1S/C11H21NO5/c1-3-4-5-9(11(14)15)12-10(13)8-17-7-6-16-2/h9H,3-8H2,1-2H3,(H,12,13)(H,14,15)/t9-/m0/s1. The molecule has 0 aliphatic carbocycles. The topological polar surface area (TPSA) is 84.9 Å². The van der Waals surface area contributed by atoms with E-state index in [1.54, 1.807) is 0 Å². The maximum Gasteiger partial charge on any atom is 0.326 e. The van der Waals surface area contributed by atoms with Crippen LogP contribution in [-0.4, -0.2) is 50.0 Å². The first-order valence-electron chi connectivity index (χ1n) is 5.70. The summed E-state index contributed by atoms with van der Waals surface area (Å²) in [6.07, 6.45) is 2.10. The van der Waals surface area contributed by atoms with Crippen LogP contribution in [-0.2, 0) is 19.1 Å². The van der Waals surface area contributed by atoms with Gasteiger partial charge in [0.15, 0.2) is 0 Å². The van der Waals surface area contributed by atoms with Gasteiger partial charge in [0.1, 0.15) is 12.6 Å². The van der Waals surface area contributed by atoms with Crippen LogP contribution in [0.25, 0.3) is 0 Å². The van der Waals surface area contributed by atoms with Crippen molar-refractivity contribution in [1.82, 2.24) is 5.32 Å². The van der Waals surface area contributed by atoms with E-state index in [1.165, 1.54) is 7.11 Å². The fourth-order valence-corrected chi connectivity index (χ4v) is 1.21. The molecule has 0 saturated carbocycles. The summed E-state index contributed by atoms with van der Waals surface area (Å²) in [5, 5.41) is 11.3. The van der Waals surface area contributed by atoms with Crippen molar-refractivity contribution in [2.45, 2.75) is 32.2 Å². The van der Waals surface area contributed by atoms with Gasteiger partial charge in [0.2, 0.25) is 5.91 Å². The zero-order valence-electron chi connectivity index (χ0n) is 10.4. The smallest absolute Gasteiger partial charge is 0.326 e. The Morgan fingerprint density at radius 2 is 2.06 bits per heavy atom. The van der Waals surface area contributed by atoms with Gasteiger partial charge in [-0.05, 0) is 6.42 Å². The van der Waals surface area contributed by atoms with Crippen molar-refractivity contribution in [3.63, 3.8) is 0 Å². The first-order chi connectivity index (χ1) is 8.11. The summed E-state index contributed by atoms with van der Waals surface area (Å²) in [6.45, 7) is 2.55. The normalized spacial score (nSPS) is 12.1. The number of aliphatic carboxylic acids is 1. The summed E-state index contributed by atoms with van der Waals surface area (Å²) in [5.74, 6) is -1.42. The van der Waals surface area contributed by atoms with Crippen molar-refractivity contribution in [3.05, 3.63) is 0 Å². The van der Waals surface area contributed by atoms with Crippen LogP contribution in [0.5, 0.6) is 0 Å². The number of carbonyl (C=O) groups is 2. The Hall–Kier alpha value is -1.14. The molecule has 0 aliphatic rings. The SMILES string of the molecule is CCCC[C@H](NC(=O)COCCOC)C(=O)O. The van der Waals surface area contributed by atoms with E-state index in [1.807, 2.05) is 6.92 Å². The predicted octanol–water partition coefficient (Wildman–Crippen LogP) is 0.409. The number of ether oxygens (including phenoxy) is 2. The summed E-state index contributed by atoms with van der Waals surface area (Å²) in [5.41, 5.74) is 0. The van der Waals surface area contributed by atoms with Gasteiger partial charge in [0.25, 0.3) is 0 Å². The van der Waals surface area contributed by atoms with Crippen LogP contribution >= 0.6 is 0 Å². The molecule has 0 heterocycles. The van der Waals surface area contributed by atoms with E-state index in [4.69, 9.17) is 14.6 Å². The Bertz CT molecular complexity index is 232. The molecule has 0 bridgehead atoms. The number of methoxy groups -OCH3 is 1. The number of hydrogen-bond donors (Lipinski definition) is 2. The first-order valence-corrected chi connectivity index (χ1v) is 5.70. The van der Waals surface area contributed by atoms with Gasteiger partial charge < -0.3 is 19.9 Å². The Kier molecular flexibility index (Phi) is 9.37. The summed E-state index contributed by atoms with van der Waals surface area (Å²) < 4.78 is 9.74. The molecule has 6 heteroatoms. The van der Waals surface area contributed by atoms with Gasteiger partial charge in [-0.1, -0.05) is 19.8 Å². The van der Waals surface area contributed by atoms with E-state index in [2.05, 4.69) is 5.32 Å². The van der Waals surface area contributed by atoms with Gasteiger partial charge in [-0.25, -0.2) is 4.79 Å². The zero-order valence-corrected chi connectivity index (χ0v) is 10.4. The van der Waals surface area contributed by atoms with Gasteiger partial charge in [0.05, 0.1) is 13.2 Å². The Morgan fingerprint density at radius 3 is 2.59 bits per heavy atom. The minimum atomic E-state index is -1.01. The molecule has 0 unspecified atom stereocenters. The zero-order chi connectivity index (χ0) is 13.1. The second kappa shape index (κ2) is 10.0. The summed E-state index contributed by atoms with van der Waals surface area (Å²) >= 11 is 0. The molecule has 6 nitrogen and oxygen atoms in total. The fourth-order valence-electron chi connectivity index (χ4n) is 1.21. The molecule has 0 fully saturated rings. The number of rotatable bonds is 10. The summed E-state index contributed by atoms with van der Waals surface area (Å²) in [6, 6.07) is -0.825. The number of amides is 1. The van der Waals surface area contributed by atoms with Crippen molar-refractivity contribution < 1.29 is 24.2 Å². The van der Waals surface area contributed by atoms with Crippen molar-refractivity contribution in [2.75, 3.05) is 26.9 Å². The van der Waals surface area contributed by atoms with Crippen molar-refractivity contribution in [3.8, 4) is 0 Å². The molecule has 1 atom stereocenters. The molecule has 1 amide bonds. The number of carboxylic acid groups (broad SMARTS) is 1. The van der Waals surface area contributed by atoms with Crippen molar-refractivity contribution >= 4 is 11.9 Å². The van der Waals surface area contributed by atoms with E-state index in [-0.39, 0.29) is 6.61 Å². The average molecular weight is 247 g/mol. The predicted molar refractivity (Wildman–Crippen MR) is 61.8 cm³/mol. The molecule has 2 N–H and O–H groups in total. The summed E-state index contributed by atoms with van der Waals surface area (Å²) in [7, 11) is 1.54. The highest BCUT2D eigenvalue weighted by atomic mass is 16.5. The molecular formula is C11H21NO5. The van der Waals surface area contributed by atoms with E-state index in [9.17, 15) is 9.59 Å². The largest absolute Gasteiger partial charge is 0.480 e. The lowest BCUT2D eigenvalue weighted by Crippen LogP contribution is -2.42. The highest BCUT2D eigenvalue weighted by Gasteiger charge is 2.18. The Balaban J connectivity index is 3.83. The number of hydrogen-bond acceptors (Lipinski definition) is 4. The Labute approximate surface area is 101 Å². The second-order valence-electron chi connectivity index (χ2n) is 3.65. The average Bonchev–Trinajstić information content (AvgIpc) is 2.29. The van der Waals surface area contributed by atoms with E-state index in [0.717, 1.165) is 12.8 Å². The van der Waals surface area contributed by atoms with Gasteiger partial charge in [-0.2, -0.15) is 0 Å². The molecule has 0 rings (SSSR count). The van der Waals surface area contributed by atoms with Crippen LogP contribution in [0.3, 0.4) is 0 Å². The lowest BCUT2D eigenvalue weighted by atomic mass is 10.1. The first kappa shape index (κ1) is 15.9. The lowest BCUT2D eigenvalue weighted by Gasteiger charge is -2.14. The minimum Gasteiger partial charge on any atom is -0.480 e. The molecule has 17 heavy (non-hydrogen) atoms. The molecule has 0 saturated heterocycles. The van der Waals surface area contributed by atoms with Crippen LogP contribution in [0.15, 0.2) is 0 Å². The van der Waals surface area contributed by atoms with Gasteiger partial charge in [-0.3, -0.25) is 4.79 Å². The number of carboxylic acids is 1. The molecule has 0 aliphatic heterocycles. The molecule has 100 valence electrons. The van der Waals surface area contributed by atoms with Crippen LogP contribution in [0, 0.1) is 0 Å². The lowest BCUT2D eigenvalue weighted by molar-refractivity contribution is -0.142. The number of carbonyl (C=O) groups excluding carboxylic acids is 1. The third-order valence-corrected chi connectivity index (χ3v) is 2.14. The minimum absolute atomic E-state index is 0.140. The van der Waals surface area contributed by atoms with Crippen LogP contribution in [0.1, 0.15) is 26.2 Å². The maximum atomic E-state index is 11.3. The highest BCUT2D eigenvalue weighted by Crippen LogP contribution is 2.00. The molecule has 0 aromatic carbocycles. The van der Waals surface area contributed by atoms with Crippen LogP contribution < -0.4 is 5.32 Å². The van der Waals surface area contributed by atoms with Gasteiger partial charge in [-0.15, -0.1) is 0 Å². The van der Waals surface area contributed by atoms with Gasteiger partial charge in [0, 0.05) is 7.11 Å². The monoisotopic (exact) mass is 247 g/mol. The van der Waals surface area contributed by atoms with E-state index in [0.29, 0.717) is 19.6 Å². The molecule has 0 aromatic heterocycles. The Morgan fingerprint density at radius 1 is 1.35 bits per heavy atom. The third kappa shape index (κ3) is 8.65. The molecular weight excluding hydrogens is 226 g/mol. The van der Waals surface area contributed by atoms with Crippen LogP contribution in [0.4, 0.5) is 0 Å². The van der Waals surface area contributed by atoms with E-state index < -0.39 is 17.9 Å². The highest BCUT2D eigenvalue weighted by molar-refractivity contribution is 5.84.